The van der Waals surface area contributed by atoms with Gasteiger partial charge in [0.15, 0.2) is 28.3 Å². The van der Waals surface area contributed by atoms with Crippen LogP contribution in [0.15, 0.2) is 41.8 Å². The largest absolute Gasteiger partial charge is 0.454 e. The van der Waals surface area contributed by atoms with Gasteiger partial charge in [-0.15, -0.1) is 11.3 Å². The zero-order chi connectivity index (χ0) is 22.8. The molecule has 0 spiro atoms. The lowest BCUT2D eigenvalue weighted by molar-refractivity contribution is -0.117. The second-order valence-corrected chi connectivity index (χ2v) is 8.81. The van der Waals surface area contributed by atoms with Crippen LogP contribution in [0.2, 0.25) is 0 Å². The number of hydrogen-bond acceptors (Lipinski definition) is 7. The Morgan fingerprint density at radius 1 is 1.00 bits per heavy atom. The number of piperazine rings is 1. The molecule has 7 nitrogen and oxygen atoms in total. The Bertz CT molecular complexity index is 1160. The van der Waals surface area contributed by atoms with E-state index < -0.39 is 11.6 Å². The molecule has 2 aliphatic rings. The quantitative estimate of drug-likeness (QED) is 0.592. The van der Waals surface area contributed by atoms with Crippen molar-refractivity contribution in [2.75, 3.05) is 44.8 Å². The second-order valence-electron chi connectivity index (χ2n) is 7.95. The maximum Gasteiger partial charge on any atom is 0.240 e. The highest BCUT2D eigenvalue weighted by Gasteiger charge is 2.21. The van der Waals surface area contributed by atoms with Crippen molar-refractivity contribution in [1.82, 2.24) is 14.8 Å². The summed E-state index contributed by atoms with van der Waals surface area (Å²) in [7, 11) is 0. The summed E-state index contributed by atoms with van der Waals surface area (Å²) in [6, 6.07) is 9.63. The van der Waals surface area contributed by atoms with Gasteiger partial charge >= 0.3 is 0 Å². The molecule has 10 heteroatoms. The highest BCUT2D eigenvalue weighted by molar-refractivity contribution is 7.14. The molecule has 1 fully saturated rings. The van der Waals surface area contributed by atoms with Crippen molar-refractivity contribution < 1.29 is 23.0 Å². The standard InChI is InChI=1S/C23H22F2N4O3S/c24-17-3-2-16(10-18(17)25)19-13-33-23(26-19)27-22(30)12-29-7-5-28(6-8-29)11-15-1-4-20-21(9-15)32-14-31-20/h1-4,9-10,13H,5-8,11-12,14H2,(H,26,27,30). The van der Waals surface area contributed by atoms with Crippen LogP contribution in [0.1, 0.15) is 5.56 Å². The number of carbonyl (C=O) groups excluding carboxylic acids is 1. The number of ether oxygens (including phenoxy) is 2. The average Bonchev–Trinajstić information content (AvgIpc) is 3.46. The van der Waals surface area contributed by atoms with Crippen molar-refractivity contribution in [3.05, 3.63) is 59.0 Å². The minimum absolute atomic E-state index is 0.148. The highest BCUT2D eigenvalue weighted by Crippen LogP contribution is 2.33. The van der Waals surface area contributed by atoms with Gasteiger partial charge < -0.3 is 14.8 Å². The van der Waals surface area contributed by atoms with E-state index in [1.54, 1.807) is 5.38 Å². The first-order chi connectivity index (χ1) is 16.0. The summed E-state index contributed by atoms with van der Waals surface area (Å²) in [4.78, 5) is 21.2. The molecule has 0 bridgehead atoms. The predicted octanol–water partition coefficient (Wildman–Crippen LogP) is 3.57. The first-order valence-electron chi connectivity index (χ1n) is 10.6. The molecule has 3 heterocycles. The van der Waals surface area contributed by atoms with Crippen LogP contribution in [0.4, 0.5) is 13.9 Å². The normalized spacial score (nSPS) is 16.2. The summed E-state index contributed by atoms with van der Waals surface area (Å²) < 4.78 is 37.4. The molecule has 0 atom stereocenters. The molecule has 5 rings (SSSR count). The molecule has 1 aromatic heterocycles. The van der Waals surface area contributed by atoms with Crippen LogP contribution in [0.25, 0.3) is 11.3 Å². The monoisotopic (exact) mass is 472 g/mol. The number of fused-ring (bicyclic) bond motifs is 1. The Labute approximate surface area is 193 Å². The van der Waals surface area contributed by atoms with Crippen LogP contribution in [0, 0.1) is 11.6 Å². The Hall–Kier alpha value is -3.08. The van der Waals surface area contributed by atoms with Crippen LogP contribution in [0.5, 0.6) is 11.5 Å². The van der Waals surface area contributed by atoms with E-state index in [1.807, 2.05) is 12.1 Å². The van der Waals surface area contributed by atoms with Crippen LogP contribution in [-0.4, -0.2) is 60.2 Å². The fourth-order valence-electron chi connectivity index (χ4n) is 3.88. The van der Waals surface area contributed by atoms with Crippen molar-refractivity contribution >= 4 is 22.4 Å². The predicted molar refractivity (Wildman–Crippen MR) is 120 cm³/mol. The van der Waals surface area contributed by atoms with E-state index in [0.717, 1.165) is 56.4 Å². The first kappa shape index (κ1) is 21.7. The second kappa shape index (κ2) is 9.42. The number of benzene rings is 2. The number of nitrogens with zero attached hydrogens (tertiary/aromatic N) is 3. The number of thiazole rings is 1. The number of hydrogen-bond donors (Lipinski definition) is 1. The molecule has 2 aliphatic heterocycles. The van der Waals surface area contributed by atoms with E-state index >= 15 is 0 Å². The fourth-order valence-corrected chi connectivity index (χ4v) is 4.62. The van der Waals surface area contributed by atoms with Gasteiger partial charge in [-0.1, -0.05) is 6.07 Å². The number of halogens is 2. The molecule has 0 aliphatic carbocycles. The maximum atomic E-state index is 13.5. The number of amides is 1. The smallest absolute Gasteiger partial charge is 0.240 e. The molecule has 0 unspecified atom stereocenters. The number of rotatable bonds is 6. The SMILES string of the molecule is O=C(CN1CCN(Cc2ccc3c(c2)OCO3)CC1)Nc1nc(-c2ccc(F)c(F)c2)cs1. The Kier molecular flexibility index (Phi) is 6.21. The Morgan fingerprint density at radius 3 is 2.61 bits per heavy atom. The number of carbonyl (C=O) groups is 1. The van der Waals surface area contributed by atoms with Crippen LogP contribution in [0.3, 0.4) is 0 Å². The topological polar surface area (TPSA) is 66.9 Å². The molecule has 1 amide bonds. The lowest BCUT2D eigenvalue weighted by atomic mass is 10.1. The Balaban J connectivity index is 1.09. The molecule has 0 radical (unpaired) electrons. The summed E-state index contributed by atoms with van der Waals surface area (Å²) in [5.41, 5.74) is 2.13. The van der Waals surface area contributed by atoms with E-state index in [9.17, 15) is 13.6 Å². The lowest BCUT2D eigenvalue weighted by Crippen LogP contribution is -2.48. The maximum absolute atomic E-state index is 13.5. The van der Waals surface area contributed by atoms with E-state index in [4.69, 9.17) is 9.47 Å². The van der Waals surface area contributed by atoms with Crippen LogP contribution >= 0.6 is 11.3 Å². The number of nitrogens with one attached hydrogen (secondary N) is 1. The molecule has 3 aromatic rings. The van der Waals surface area contributed by atoms with Crippen molar-refractivity contribution in [1.29, 1.82) is 0 Å². The minimum Gasteiger partial charge on any atom is -0.454 e. The highest BCUT2D eigenvalue weighted by atomic mass is 32.1. The van der Waals surface area contributed by atoms with E-state index in [2.05, 4.69) is 26.2 Å². The summed E-state index contributed by atoms with van der Waals surface area (Å²) in [6.07, 6.45) is 0. The van der Waals surface area contributed by atoms with E-state index in [0.29, 0.717) is 16.4 Å². The number of aromatic nitrogens is 1. The molecule has 1 saturated heterocycles. The van der Waals surface area contributed by atoms with E-state index in [-0.39, 0.29) is 19.2 Å². The molecule has 2 aromatic carbocycles. The van der Waals surface area contributed by atoms with E-state index in [1.165, 1.54) is 23.0 Å². The summed E-state index contributed by atoms with van der Waals surface area (Å²) in [5.74, 6) is -0.405. The van der Waals surface area contributed by atoms with Gasteiger partial charge in [-0.05, 0) is 35.9 Å². The van der Waals surface area contributed by atoms with Gasteiger partial charge in [0, 0.05) is 43.7 Å². The zero-order valence-corrected chi connectivity index (χ0v) is 18.5. The fraction of sp³-hybridized carbons (Fsp3) is 0.304. The van der Waals surface area contributed by atoms with Gasteiger partial charge in [-0.25, -0.2) is 13.8 Å². The zero-order valence-electron chi connectivity index (χ0n) is 17.7. The van der Waals surface area contributed by atoms with Gasteiger partial charge in [0.25, 0.3) is 0 Å². The van der Waals surface area contributed by atoms with Gasteiger partial charge in [-0.3, -0.25) is 14.6 Å². The summed E-state index contributed by atoms with van der Waals surface area (Å²) in [5, 5.41) is 4.94. The van der Waals surface area contributed by atoms with Gasteiger partial charge in [-0.2, -0.15) is 0 Å². The molecule has 0 saturated carbocycles. The first-order valence-corrected chi connectivity index (χ1v) is 11.5. The Morgan fingerprint density at radius 2 is 1.79 bits per heavy atom. The third-order valence-corrected chi connectivity index (χ3v) is 6.40. The minimum atomic E-state index is -0.927. The van der Waals surface area contributed by atoms with Gasteiger partial charge in [0.1, 0.15) is 0 Å². The summed E-state index contributed by atoms with van der Waals surface area (Å²) in [6.45, 7) is 4.66. The van der Waals surface area contributed by atoms with Crippen molar-refractivity contribution in [2.45, 2.75) is 6.54 Å². The van der Waals surface area contributed by atoms with Gasteiger partial charge in [0.05, 0.1) is 12.2 Å². The van der Waals surface area contributed by atoms with Crippen LogP contribution < -0.4 is 14.8 Å². The third-order valence-electron chi connectivity index (χ3n) is 5.64. The van der Waals surface area contributed by atoms with Crippen molar-refractivity contribution in [3.63, 3.8) is 0 Å². The lowest BCUT2D eigenvalue weighted by Gasteiger charge is -2.34. The molecule has 172 valence electrons. The summed E-state index contributed by atoms with van der Waals surface area (Å²) >= 11 is 1.25. The number of anilines is 1. The van der Waals surface area contributed by atoms with Crippen molar-refractivity contribution in [2.24, 2.45) is 0 Å². The van der Waals surface area contributed by atoms with Crippen molar-refractivity contribution in [3.8, 4) is 22.8 Å². The molecule has 1 N–H and O–H groups in total. The molecular weight excluding hydrogens is 450 g/mol. The molecular formula is C23H22F2N4O3S. The van der Waals surface area contributed by atoms with Crippen LogP contribution in [-0.2, 0) is 11.3 Å². The van der Waals surface area contributed by atoms with Gasteiger partial charge in [0.2, 0.25) is 12.7 Å². The average molecular weight is 473 g/mol. The third kappa shape index (κ3) is 5.13. The molecule has 33 heavy (non-hydrogen) atoms.